The number of anilines is 1. The van der Waals surface area contributed by atoms with Crippen LogP contribution in [-0.2, 0) is 29.1 Å². The number of aromatic nitrogens is 1. The summed E-state index contributed by atoms with van der Waals surface area (Å²) in [6, 6.07) is 4.36. The number of nitrogens with one attached hydrogen (secondary N) is 3. The number of rotatable bonds is 9. The number of hydrogen-bond acceptors (Lipinski definition) is 11. The van der Waals surface area contributed by atoms with Crippen LogP contribution < -0.4 is 29.7 Å². The maximum Gasteiger partial charge on any atom is 0.427 e. The number of carbonyl (C=O) groups is 4. The predicted octanol–water partition coefficient (Wildman–Crippen LogP) is 4.98. The van der Waals surface area contributed by atoms with Crippen molar-refractivity contribution in [1.82, 2.24) is 25.2 Å². The molecule has 15 nitrogen and oxygen atoms in total. The number of sulfonamides is 1. The molecule has 1 aromatic carbocycles. The third-order valence-electron chi connectivity index (χ3n) is 12.3. The van der Waals surface area contributed by atoms with Crippen molar-refractivity contribution in [3.05, 3.63) is 36.4 Å². The summed E-state index contributed by atoms with van der Waals surface area (Å²) in [6.45, 7) is 6.33. The molecule has 0 radical (unpaired) electrons. The molecular formula is C41H55F3N6O9S. The number of alkyl carbamates (subject to hydrolysis) is 1. The van der Waals surface area contributed by atoms with Crippen molar-refractivity contribution in [2.24, 2.45) is 17.8 Å². The van der Waals surface area contributed by atoms with Gasteiger partial charge in [-0.2, -0.15) is 18.2 Å². The Morgan fingerprint density at radius 2 is 1.78 bits per heavy atom. The highest BCUT2D eigenvalue weighted by molar-refractivity contribution is 7.91. The number of hydrogen-bond donors (Lipinski definition) is 3. The Balaban J connectivity index is 1.38. The molecule has 4 amide bonds. The van der Waals surface area contributed by atoms with Gasteiger partial charge < -0.3 is 34.6 Å². The zero-order valence-electron chi connectivity index (χ0n) is 35.1. The van der Waals surface area contributed by atoms with Crippen molar-refractivity contribution in [2.75, 3.05) is 32.6 Å². The Bertz CT molecular complexity index is 2160. The molecule has 2 aliphatic heterocycles. The lowest BCUT2D eigenvalue weighted by atomic mass is 9.88. The molecule has 0 spiro atoms. The zero-order chi connectivity index (χ0) is 44.2. The molecule has 3 fully saturated rings. The van der Waals surface area contributed by atoms with Gasteiger partial charge in [0.2, 0.25) is 33.3 Å². The fraction of sp³-hybridized carbons (Fsp3) is 0.634. The number of methoxy groups -OCH3 is 1. The van der Waals surface area contributed by atoms with Gasteiger partial charge in [0.25, 0.3) is 5.91 Å². The average Bonchev–Trinajstić information content (AvgIpc) is 4.04. The average molecular weight is 865 g/mol. The van der Waals surface area contributed by atoms with E-state index in [1.165, 1.54) is 18.9 Å². The van der Waals surface area contributed by atoms with Crippen molar-refractivity contribution >= 4 is 50.4 Å². The quantitative estimate of drug-likeness (QED) is 0.289. The molecular weight excluding hydrogens is 810 g/mol. The highest BCUT2D eigenvalue weighted by Gasteiger charge is 2.63. The van der Waals surface area contributed by atoms with Gasteiger partial charge in [-0.3, -0.25) is 19.1 Å². The fourth-order valence-electron chi connectivity index (χ4n) is 7.84. The summed E-state index contributed by atoms with van der Waals surface area (Å²) >= 11 is 0. The van der Waals surface area contributed by atoms with E-state index in [9.17, 15) is 40.8 Å². The minimum absolute atomic E-state index is 0.0432. The summed E-state index contributed by atoms with van der Waals surface area (Å²) in [5.74, 6) is -2.39. The highest BCUT2D eigenvalue weighted by Crippen LogP contribution is 2.48. The first-order chi connectivity index (χ1) is 27.9. The van der Waals surface area contributed by atoms with E-state index in [-0.39, 0.29) is 31.2 Å². The largest absolute Gasteiger partial charge is 0.497 e. The number of benzene rings is 1. The van der Waals surface area contributed by atoms with Gasteiger partial charge in [0.05, 0.1) is 18.4 Å². The molecule has 1 aromatic heterocycles. The molecule has 330 valence electrons. The Hall–Kier alpha value is -4.81. The number of halogens is 3. The number of carbonyl (C=O) groups excluding carboxylic acids is 4. The molecule has 0 bridgehead atoms. The molecule has 60 heavy (non-hydrogen) atoms. The van der Waals surface area contributed by atoms with Gasteiger partial charge in [0.1, 0.15) is 35.3 Å². The maximum atomic E-state index is 14.9. The standard InChI is InChI=1S/C41H55F3N6O9S/c1-23-11-9-10-12-26-21-40(26,36(53)48-60(55,56)39(5)15-16-39)47-33(51)30-20-28(58-34-29-14-13-27(57-8)18-25(29)19-31(45-34)49(6)7)22-50(30)35(52)32(24(2)17-23)46-37(54)59-38(3,4)41(42,43)44/h10,12-14,18-19,23-24,26,28,30,32H,9,11,15-17,20-22H2,1-8H3,(H,46,54)(H,47,51)(H,48,53)/b12-10-/t23-,24-,26-,28-,30+,32+,40-/m1/s1. The minimum Gasteiger partial charge on any atom is -0.497 e. The van der Waals surface area contributed by atoms with Crippen molar-refractivity contribution in [1.29, 1.82) is 0 Å². The van der Waals surface area contributed by atoms with Gasteiger partial charge in [-0.1, -0.05) is 26.0 Å². The fourth-order valence-corrected chi connectivity index (χ4v) is 9.15. The Kier molecular flexibility index (Phi) is 12.1. The van der Waals surface area contributed by atoms with Crippen LogP contribution in [0.25, 0.3) is 10.8 Å². The predicted molar refractivity (Wildman–Crippen MR) is 216 cm³/mol. The molecule has 3 N–H and O–H groups in total. The van der Waals surface area contributed by atoms with Crippen LogP contribution in [0.1, 0.15) is 79.6 Å². The monoisotopic (exact) mass is 864 g/mol. The first-order valence-electron chi connectivity index (χ1n) is 20.2. The first kappa shape index (κ1) is 44.7. The SMILES string of the molecule is COc1ccc2c(O[C@@H]3C[C@H]4C(=O)N[C@]5(C(=O)NS(=O)(=O)C6(C)CC6)C[C@H]5/C=C\CC[C@@H](C)C[C@@H](C)[C@H](NC(=O)OC(C)(C)C(F)(F)F)C(=O)N4C3)nc(N(C)C)cc2c1. The van der Waals surface area contributed by atoms with E-state index in [0.717, 1.165) is 5.39 Å². The lowest BCUT2D eigenvalue weighted by Gasteiger charge is -2.34. The van der Waals surface area contributed by atoms with Crippen LogP contribution in [0.4, 0.5) is 23.8 Å². The van der Waals surface area contributed by atoms with Crippen LogP contribution in [0, 0.1) is 17.8 Å². The second-order valence-electron chi connectivity index (χ2n) is 17.7. The number of ether oxygens (including phenoxy) is 3. The van der Waals surface area contributed by atoms with E-state index < -0.39 is 85.9 Å². The second kappa shape index (κ2) is 16.2. The van der Waals surface area contributed by atoms with E-state index in [4.69, 9.17) is 19.2 Å². The van der Waals surface area contributed by atoms with E-state index >= 15 is 0 Å². The Morgan fingerprint density at radius 3 is 2.42 bits per heavy atom. The summed E-state index contributed by atoms with van der Waals surface area (Å²) in [4.78, 5) is 64.3. The molecule has 4 aliphatic rings. The molecule has 2 aromatic rings. The van der Waals surface area contributed by atoms with Crippen molar-refractivity contribution in [3.63, 3.8) is 0 Å². The number of pyridine rings is 1. The van der Waals surface area contributed by atoms with Crippen molar-refractivity contribution < 1.29 is 55.0 Å². The smallest absolute Gasteiger partial charge is 0.427 e. The molecule has 0 unspecified atom stereocenters. The summed E-state index contributed by atoms with van der Waals surface area (Å²) in [6.07, 6.45) is -1.39. The molecule has 1 saturated heterocycles. The zero-order valence-corrected chi connectivity index (χ0v) is 36.0. The number of alkyl halides is 3. The molecule has 2 aliphatic carbocycles. The topological polar surface area (TPSA) is 186 Å². The van der Waals surface area contributed by atoms with Crippen LogP contribution in [0.5, 0.6) is 11.6 Å². The van der Waals surface area contributed by atoms with Crippen LogP contribution in [0.15, 0.2) is 36.4 Å². The lowest BCUT2D eigenvalue weighted by molar-refractivity contribution is -0.244. The first-order valence-corrected chi connectivity index (χ1v) is 21.6. The van der Waals surface area contributed by atoms with Gasteiger partial charge in [-0.05, 0) is 101 Å². The summed E-state index contributed by atoms with van der Waals surface area (Å²) in [7, 11) is 1.05. The third kappa shape index (κ3) is 9.10. The number of fused-ring (bicyclic) bond motifs is 3. The van der Waals surface area contributed by atoms with Gasteiger partial charge in [0, 0.05) is 31.8 Å². The summed E-state index contributed by atoms with van der Waals surface area (Å²) in [5, 5.41) is 6.54. The molecule has 6 rings (SSSR count). The third-order valence-corrected chi connectivity index (χ3v) is 14.4. The highest BCUT2D eigenvalue weighted by atomic mass is 32.2. The van der Waals surface area contributed by atoms with Crippen LogP contribution in [0.3, 0.4) is 0 Å². The maximum absolute atomic E-state index is 14.9. The van der Waals surface area contributed by atoms with E-state index in [1.807, 2.05) is 19.1 Å². The van der Waals surface area contributed by atoms with E-state index in [0.29, 0.717) is 62.9 Å². The molecule has 2 saturated carbocycles. The number of amides is 4. The Labute approximate surface area is 348 Å². The van der Waals surface area contributed by atoms with Gasteiger partial charge >= 0.3 is 12.3 Å². The molecule has 3 heterocycles. The van der Waals surface area contributed by atoms with E-state index in [1.54, 1.807) is 50.2 Å². The Morgan fingerprint density at radius 1 is 1.08 bits per heavy atom. The summed E-state index contributed by atoms with van der Waals surface area (Å²) in [5.41, 5.74) is -4.54. The van der Waals surface area contributed by atoms with Crippen LogP contribution in [0.2, 0.25) is 0 Å². The molecule has 7 atom stereocenters. The molecule has 19 heteroatoms. The minimum atomic E-state index is -4.92. The van der Waals surface area contributed by atoms with Crippen LogP contribution >= 0.6 is 0 Å². The number of allylic oxidation sites excluding steroid dienone is 1. The second-order valence-corrected chi connectivity index (χ2v) is 19.9. The van der Waals surface area contributed by atoms with E-state index in [2.05, 4.69) is 15.4 Å². The van der Waals surface area contributed by atoms with Gasteiger partial charge in [-0.25, -0.2) is 13.2 Å². The normalized spacial score (nSPS) is 28.8. The number of nitrogens with zero attached hydrogens (tertiary/aromatic N) is 3. The van der Waals surface area contributed by atoms with Gasteiger partial charge in [-0.15, -0.1) is 0 Å². The summed E-state index contributed by atoms with van der Waals surface area (Å²) < 4.78 is 85.7. The van der Waals surface area contributed by atoms with Crippen molar-refractivity contribution in [3.8, 4) is 11.6 Å². The van der Waals surface area contributed by atoms with Crippen LogP contribution in [-0.4, -0.2) is 110 Å². The lowest BCUT2D eigenvalue weighted by Crippen LogP contribution is -2.59. The van der Waals surface area contributed by atoms with Gasteiger partial charge in [0.15, 0.2) is 0 Å². The van der Waals surface area contributed by atoms with Crippen molar-refractivity contribution in [2.45, 2.75) is 120 Å².